The second-order valence-electron chi connectivity index (χ2n) is 5.33. The van der Waals surface area contributed by atoms with E-state index in [0.29, 0.717) is 12.1 Å². The predicted octanol–water partition coefficient (Wildman–Crippen LogP) is 4.31. The van der Waals surface area contributed by atoms with Crippen molar-refractivity contribution in [1.82, 2.24) is 4.90 Å². The number of furan rings is 1. The number of carbonyl (C=O) groups is 1. The number of fused-ring (bicyclic) bond motifs is 1. The lowest BCUT2D eigenvalue weighted by Gasteiger charge is -2.16. The second-order valence-corrected chi connectivity index (χ2v) is 5.33. The van der Waals surface area contributed by atoms with Crippen LogP contribution in [0.5, 0.6) is 5.75 Å². The van der Waals surface area contributed by atoms with Gasteiger partial charge in [0.1, 0.15) is 11.3 Å². The van der Waals surface area contributed by atoms with Gasteiger partial charge in [0.15, 0.2) is 5.76 Å². The van der Waals surface area contributed by atoms with Gasteiger partial charge in [-0.1, -0.05) is 30.3 Å². The first-order chi connectivity index (χ1) is 11.5. The van der Waals surface area contributed by atoms with Crippen LogP contribution in [0.25, 0.3) is 11.0 Å². The number of ether oxygens (including phenoxy) is 1. The van der Waals surface area contributed by atoms with E-state index in [-0.39, 0.29) is 17.4 Å². The van der Waals surface area contributed by atoms with Gasteiger partial charge in [0.05, 0.1) is 0 Å². The molecular formula is C18H15F2NO3. The zero-order valence-corrected chi connectivity index (χ0v) is 12.9. The molecule has 6 heteroatoms. The van der Waals surface area contributed by atoms with Crippen molar-refractivity contribution in [2.45, 2.75) is 13.2 Å². The highest BCUT2D eigenvalue weighted by molar-refractivity contribution is 5.95. The summed E-state index contributed by atoms with van der Waals surface area (Å²) >= 11 is 0. The van der Waals surface area contributed by atoms with Crippen molar-refractivity contribution in [1.29, 1.82) is 0 Å². The number of hydrogen-bond donors (Lipinski definition) is 0. The fourth-order valence-electron chi connectivity index (χ4n) is 2.40. The van der Waals surface area contributed by atoms with Crippen molar-refractivity contribution in [3.8, 4) is 5.75 Å². The average molecular weight is 331 g/mol. The lowest BCUT2D eigenvalue weighted by molar-refractivity contribution is -0.0498. The minimum absolute atomic E-state index is 0.0833. The Morgan fingerprint density at radius 1 is 1.17 bits per heavy atom. The minimum Gasteiger partial charge on any atom is -0.451 e. The van der Waals surface area contributed by atoms with Gasteiger partial charge in [-0.2, -0.15) is 8.78 Å². The topological polar surface area (TPSA) is 42.7 Å². The molecule has 0 aliphatic rings. The Balaban J connectivity index is 1.69. The van der Waals surface area contributed by atoms with Crippen LogP contribution in [0.1, 0.15) is 16.1 Å². The summed E-state index contributed by atoms with van der Waals surface area (Å²) in [5.74, 6) is 0.0930. The third kappa shape index (κ3) is 3.53. The van der Waals surface area contributed by atoms with Crippen molar-refractivity contribution < 1.29 is 22.7 Å². The summed E-state index contributed by atoms with van der Waals surface area (Å²) < 4.78 is 34.1. The molecule has 0 fully saturated rings. The van der Waals surface area contributed by atoms with Gasteiger partial charge in [-0.25, -0.2) is 0 Å². The number of rotatable bonds is 5. The highest BCUT2D eigenvalue weighted by Gasteiger charge is 2.17. The molecular weight excluding hydrogens is 316 g/mol. The first-order valence-corrected chi connectivity index (χ1v) is 7.31. The second kappa shape index (κ2) is 6.70. The molecule has 1 aromatic heterocycles. The fourth-order valence-corrected chi connectivity index (χ4v) is 2.40. The molecule has 0 saturated heterocycles. The molecule has 3 rings (SSSR count). The summed E-state index contributed by atoms with van der Waals surface area (Å²) in [6.07, 6.45) is 0. The van der Waals surface area contributed by atoms with Gasteiger partial charge < -0.3 is 14.1 Å². The molecule has 0 aliphatic heterocycles. The maximum absolute atomic E-state index is 12.4. The van der Waals surface area contributed by atoms with E-state index in [1.807, 2.05) is 18.2 Å². The van der Waals surface area contributed by atoms with E-state index < -0.39 is 6.61 Å². The lowest BCUT2D eigenvalue weighted by Crippen LogP contribution is -2.25. The molecule has 2 aromatic carbocycles. The summed E-state index contributed by atoms with van der Waals surface area (Å²) in [6.45, 7) is -2.53. The number of benzene rings is 2. The predicted molar refractivity (Wildman–Crippen MR) is 85.1 cm³/mol. The number of nitrogens with zero attached hydrogens (tertiary/aromatic N) is 1. The Kier molecular flexibility index (Phi) is 4.46. The smallest absolute Gasteiger partial charge is 0.387 e. The Labute approximate surface area is 137 Å². The standard InChI is InChI=1S/C18H15F2NO3/c1-21(11-12-6-8-14(9-7-12)23-18(19)20)17(22)16-10-13-4-2-3-5-15(13)24-16/h2-10,18H,11H2,1H3. The van der Waals surface area contributed by atoms with E-state index in [0.717, 1.165) is 10.9 Å². The van der Waals surface area contributed by atoms with E-state index in [1.165, 1.54) is 17.0 Å². The van der Waals surface area contributed by atoms with Gasteiger partial charge in [0, 0.05) is 19.0 Å². The van der Waals surface area contributed by atoms with E-state index in [9.17, 15) is 13.6 Å². The Morgan fingerprint density at radius 3 is 2.54 bits per heavy atom. The van der Waals surface area contributed by atoms with Crippen LogP contribution in [-0.2, 0) is 6.54 Å². The number of carbonyl (C=O) groups excluding carboxylic acids is 1. The van der Waals surface area contributed by atoms with Crippen molar-refractivity contribution in [3.05, 3.63) is 65.9 Å². The molecule has 0 N–H and O–H groups in total. The van der Waals surface area contributed by atoms with Crippen LogP contribution >= 0.6 is 0 Å². The third-order valence-corrected chi connectivity index (χ3v) is 3.55. The molecule has 1 heterocycles. The van der Waals surface area contributed by atoms with Crippen LogP contribution in [0.3, 0.4) is 0 Å². The molecule has 0 atom stereocenters. The molecule has 3 aromatic rings. The van der Waals surface area contributed by atoms with Crippen LogP contribution in [-0.4, -0.2) is 24.5 Å². The normalized spacial score (nSPS) is 11.0. The van der Waals surface area contributed by atoms with Crippen molar-refractivity contribution in [3.63, 3.8) is 0 Å². The van der Waals surface area contributed by atoms with Crippen molar-refractivity contribution in [2.24, 2.45) is 0 Å². The van der Waals surface area contributed by atoms with E-state index in [1.54, 1.807) is 31.3 Å². The quantitative estimate of drug-likeness (QED) is 0.700. The highest BCUT2D eigenvalue weighted by atomic mass is 19.3. The molecule has 0 unspecified atom stereocenters. The molecule has 0 spiro atoms. The van der Waals surface area contributed by atoms with Gasteiger partial charge in [-0.15, -0.1) is 0 Å². The third-order valence-electron chi connectivity index (χ3n) is 3.55. The van der Waals surface area contributed by atoms with Gasteiger partial charge >= 0.3 is 6.61 Å². The maximum Gasteiger partial charge on any atom is 0.387 e. The Bertz CT molecular complexity index is 810. The molecule has 124 valence electrons. The van der Waals surface area contributed by atoms with E-state index in [2.05, 4.69) is 4.74 Å². The largest absolute Gasteiger partial charge is 0.451 e. The lowest BCUT2D eigenvalue weighted by atomic mass is 10.2. The number of amides is 1. The minimum atomic E-state index is -2.85. The summed E-state index contributed by atoms with van der Waals surface area (Å²) in [5, 5.41) is 0.864. The molecule has 24 heavy (non-hydrogen) atoms. The van der Waals surface area contributed by atoms with Crippen LogP contribution in [0.4, 0.5) is 8.78 Å². The first-order valence-electron chi connectivity index (χ1n) is 7.31. The Hall–Kier alpha value is -2.89. The molecule has 1 amide bonds. The van der Waals surface area contributed by atoms with Gasteiger partial charge in [0.2, 0.25) is 0 Å². The molecule has 0 radical (unpaired) electrons. The molecule has 0 aliphatic carbocycles. The SMILES string of the molecule is CN(Cc1ccc(OC(F)F)cc1)C(=O)c1cc2ccccc2o1. The zero-order valence-electron chi connectivity index (χ0n) is 12.9. The highest BCUT2D eigenvalue weighted by Crippen LogP contribution is 2.21. The molecule has 4 nitrogen and oxygen atoms in total. The maximum atomic E-state index is 12.4. The van der Waals surface area contributed by atoms with E-state index in [4.69, 9.17) is 4.42 Å². The monoisotopic (exact) mass is 331 g/mol. The molecule has 0 saturated carbocycles. The summed E-state index contributed by atoms with van der Waals surface area (Å²) in [7, 11) is 1.65. The summed E-state index contributed by atoms with van der Waals surface area (Å²) in [4.78, 5) is 13.9. The number of alkyl halides is 2. The van der Waals surface area contributed by atoms with Crippen LogP contribution in [0, 0.1) is 0 Å². The van der Waals surface area contributed by atoms with Crippen molar-refractivity contribution in [2.75, 3.05) is 7.05 Å². The van der Waals surface area contributed by atoms with Crippen molar-refractivity contribution >= 4 is 16.9 Å². The van der Waals surface area contributed by atoms with Gasteiger partial charge in [-0.3, -0.25) is 4.79 Å². The van der Waals surface area contributed by atoms with Crippen LogP contribution in [0.15, 0.2) is 59.0 Å². The fraction of sp³-hybridized carbons (Fsp3) is 0.167. The molecule has 0 bridgehead atoms. The average Bonchev–Trinajstić information content (AvgIpc) is 2.99. The Morgan fingerprint density at radius 2 is 1.88 bits per heavy atom. The van der Waals surface area contributed by atoms with Gasteiger partial charge in [-0.05, 0) is 29.8 Å². The number of halogens is 2. The van der Waals surface area contributed by atoms with E-state index >= 15 is 0 Å². The summed E-state index contributed by atoms with van der Waals surface area (Å²) in [5.41, 5.74) is 1.45. The zero-order chi connectivity index (χ0) is 17.1. The number of hydrogen-bond acceptors (Lipinski definition) is 3. The van der Waals surface area contributed by atoms with Crippen LogP contribution < -0.4 is 4.74 Å². The first kappa shape index (κ1) is 16.0. The van der Waals surface area contributed by atoms with Crippen LogP contribution in [0.2, 0.25) is 0 Å². The summed E-state index contributed by atoms with van der Waals surface area (Å²) in [6, 6.07) is 15.3. The van der Waals surface area contributed by atoms with Gasteiger partial charge in [0.25, 0.3) is 5.91 Å². The number of para-hydroxylation sites is 1.